The van der Waals surface area contributed by atoms with Crippen molar-refractivity contribution < 1.29 is 14.0 Å². The number of hydrogen-bond donors (Lipinski definition) is 1. The van der Waals surface area contributed by atoms with Crippen LogP contribution in [0.4, 0.5) is 15.8 Å². The predicted octanol–water partition coefficient (Wildman–Crippen LogP) is 4.00. The van der Waals surface area contributed by atoms with Crippen LogP contribution in [0.25, 0.3) is 0 Å². The quantitative estimate of drug-likeness (QED) is 0.831. The molecule has 2 fully saturated rings. The summed E-state index contributed by atoms with van der Waals surface area (Å²) < 4.78 is 13.9. The topological polar surface area (TPSA) is 52.6 Å². The van der Waals surface area contributed by atoms with Crippen LogP contribution >= 0.6 is 0 Å². The molecular weight excluding hydrogens is 381 g/mol. The molecule has 2 aliphatic rings. The molecule has 2 aromatic carbocycles. The number of rotatable bonds is 4. The highest BCUT2D eigenvalue weighted by Crippen LogP contribution is 2.38. The highest BCUT2D eigenvalue weighted by molar-refractivity contribution is 6.04. The molecule has 158 valence electrons. The minimum atomic E-state index is -0.481. The number of amides is 2. The summed E-state index contributed by atoms with van der Waals surface area (Å²) in [5.41, 5.74) is 4.30. The van der Waals surface area contributed by atoms with Gasteiger partial charge in [-0.05, 0) is 61.6 Å². The molecule has 2 aromatic rings. The minimum Gasteiger partial charge on any atom is -0.368 e. The first-order valence-electron chi connectivity index (χ1n) is 10.6. The number of nitrogens with one attached hydrogen (secondary N) is 1. The molecule has 1 N–H and O–H groups in total. The van der Waals surface area contributed by atoms with E-state index in [1.54, 1.807) is 4.90 Å². The van der Waals surface area contributed by atoms with Crippen LogP contribution in [0.2, 0.25) is 0 Å². The van der Waals surface area contributed by atoms with Crippen molar-refractivity contribution in [2.75, 3.05) is 36.4 Å². The van der Waals surface area contributed by atoms with Gasteiger partial charge < -0.3 is 15.1 Å². The molecule has 1 saturated carbocycles. The third kappa shape index (κ3) is 4.04. The molecule has 2 amide bonds. The molecule has 1 aliphatic carbocycles. The summed E-state index contributed by atoms with van der Waals surface area (Å²) in [4.78, 5) is 29.5. The zero-order valence-electron chi connectivity index (χ0n) is 17.7. The summed E-state index contributed by atoms with van der Waals surface area (Å²) in [6, 6.07) is 10.3. The zero-order valence-corrected chi connectivity index (χ0v) is 17.7. The molecule has 2 atom stereocenters. The number of nitrogens with zero attached hydrogens (tertiary/aromatic N) is 2. The fraction of sp³-hybridized carbons (Fsp3) is 0.417. The lowest BCUT2D eigenvalue weighted by Gasteiger charge is -2.37. The Kier molecular flexibility index (Phi) is 5.50. The van der Waals surface area contributed by atoms with Gasteiger partial charge in [-0.25, -0.2) is 4.39 Å². The molecule has 4 rings (SSSR count). The number of carbonyl (C=O) groups excluding carboxylic acids is 2. The molecule has 0 aromatic heterocycles. The van der Waals surface area contributed by atoms with Crippen molar-refractivity contribution in [2.24, 2.45) is 11.8 Å². The number of carbonyl (C=O) groups is 2. The monoisotopic (exact) mass is 409 g/mol. The standard InChI is InChI=1S/C24H28FN3O2/c1-15-5-4-6-22(17(15)3)27-9-11-28(12-10-27)24(30)20-14-18(25)7-8-21(20)26-23(29)19-13-16(19)2/h4-8,14,16,19H,9-13H2,1-3H3,(H,26,29)/t16-,19-/m1/s1. The summed E-state index contributed by atoms with van der Waals surface area (Å²) in [5, 5.41) is 2.83. The van der Waals surface area contributed by atoms with E-state index in [0.717, 1.165) is 6.42 Å². The third-order valence-corrected chi connectivity index (χ3v) is 6.40. The van der Waals surface area contributed by atoms with Crippen LogP contribution in [0.1, 0.15) is 34.8 Å². The zero-order chi connectivity index (χ0) is 21.4. The van der Waals surface area contributed by atoms with Gasteiger partial charge in [-0.2, -0.15) is 0 Å². The van der Waals surface area contributed by atoms with Gasteiger partial charge in [0.25, 0.3) is 5.91 Å². The molecular formula is C24H28FN3O2. The van der Waals surface area contributed by atoms with Crippen LogP contribution in [-0.2, 0) is 4.79 Å². The van der Waals surface area contributed by atoms with E-state index in [9.17, 15) is 14.0 Å². The number of aryl methyl sites for hydroxylation is 1. The first kappa shape index (κ1) is 20.4. The Morgan fingerprint density at radius 3 is 2.43 bits per heavy atom. The second-order valence-electron chi connectivity index (χ2n) is 8.50. The number of piperazine rings is 1. The fourth-order valence-electron chi connectivity index (χ4n) is 4.11. The number of hydrogen-bond acceptors (Lipinski definition) is 3. The molecule has 0 spiro atoms. The first-order chi connectivity index (χ1) is 14.3. The van der Waals surface area contributed by atoms with E-state index in [1.807, 2.05) is 6.92 Å². The second-order valence-corrected chi connectivity index (χ2v) is 8.50. The maximum atomic E-state index is 13.9. The lowest BCUT2D eigenvalue weighted by atomic mass is 10.1. The molecule has 1 heterocycles. The van der Waals surface area contributed by atoms with E-state index in [0.29, 0.717) is 37.8 Å². The Bertz CT molecular complexity index is 982. The van der Waals surface area contributed by atoms with E-state index in [1.165, 1.54) is 35.0 Å². The Morgan fingerprint density at radius 2 is 1.77 bits per heavy atom. The largest absolute Gasteiger partial charge is 0.368 e. The smallest absolute Gasteiger partial charge is 0.256 e. The van der Waals surface area contributed by atoms with E-state index in [-0.39, 0.29) is 23.3 Å². The maximum absolute atomic E-state index is 13.9. The van der Waals surface area contributed by atoms with E-state index in [4.69, 9.17) is 0 Å². The van der Waals surface area contributed by atoms with Gasteiger partial charge in [-0.3, -0.25) is 9.59 Å². The molecule has 0 bridgehead atoms. The van der Waals surface area contributed by atoms with Crippen LogP contribution < -0.4 is 10.2 Å². The van der Waals surface area contributed by atoms with Gasteiger partial charge in [0.15, 0.2) is 0 Å². The number of benzene rings is 2. The van der Waals surface area contributed by atoms with Gasteiger partial charge in [0.1, 0.15) is 5.82 Å². The van der Waals surface area contributed by atoms with Gasteiger partial charge in [0.2, 0.25) is 5.91 Å². The summed E-state index contributed by atoms with van der Waals surface area (Å²) >= 11 is 0. The average molecular weight is 410 g/mol. The molecule has 5 nitrogen and oxygen atoms in total. The molecule has 1 aliphatic heterocycles. The highest BCUT2D eigenvalue weighted by atomic mass is 19.1. The third-order valence-electron chi connectivity index (χ3n) is 6.40. The summed E-state index contributed by atoms with van der Waals surface area (Å²) in [7, 11) is 0. The lowest BCUT2D eigenvalue weighted by Crippen LogP contribution is -2.49. The van der Waals surface area contributed by atoms with Crippen LogP contribution in [0.5, 0.6) is 0 Å². The summed E-state index contributed by atoms with van der Waals surface area (Å²) in [6.45, 7) is 8.77. The number of halogens is 1. The molecule has 30 heavy (non-hydrogen) atoms. The van der Waals surface area contributed by atoms with E-state index in [2.05, 4.69) is 42.3 Å². The fourth-order valence-corrected chi connectivity index (χ4v) is 4.11. The van der Waals surface area contributed by atoms with Gasteiger partial charge in [0.05, 0.1) is 11.3 Å². The van der Waals surface area contributed by atoms with Crippen molar-refractivity contribution in [3.63, 3.8) is 0 Å². The van der Waals surface area contributed by atoms with Gasteiger partial charge in [-0.15, -0.1) is 0 Å². The summed E-state index contributed by atoms with van der Waals surface area (Å²) in [5.74, 6) is -0.468. The Balaban J connectivity index is 1.47. The van der Waals surface area contributed by atoms with Crippen molar-refractivity contribution in [1.82, 2.24) is 4.90 Å². The normalized spacial score (nSPS) is 20.8. The molecule has 0 unspecified atom stereocenters. The van der Waals surface area contributed by atoms with Crippen LogP contribution in [-0.4, -0.2) is 42.9 Å². The Hall–Kier alpha value is -2.89. The summed E-state index contributed by atoms with van der Waals surface area (Å²) in [6.07, 6.45) is 0.858. The van der Waals surface area contributed by atoms with Crippen molar-refractivity contribution in [2.45, 2.75) is 27.2 Å². The molecule has 1 saturated heterocycles. The van der Waals surface area contributed by atoms with Crippen LogP contribution in [0, 0.1) is 31.5 Å². The Morgan fingerprint density at radius 1 is 1.07 bits per heavy atom. The first-order valence-corrected chi connectivity index (χ1v) is 10.6. The molecule has 0 radical (unpaired) electrons. The average Bonchev–Trinajstić information content (AvgIpc) is 3.48. The van der Waals surface area contributed by atoms with Gasteiger partial charge in [-0.1, -0.05) is 19.1 Å². The van der Waals surface area contributed by atoms with Crippen molar-refractivity contribution >= 4 is 23.2 Å². The maximum Gasteiger partial charge on any atom is 0.256 e. The van der Waals surface area contributed by atoms with Crippen LogP contribution in [0.15, 0.2) is 36.4 Å². The van der Waals surface area contributed by atoms with Gasteiger partial charge in [0, 0.05) is 37.8 Å². The van der Waals surface area contributed by atoms with E-state index >= 15 is 0 Å². The molecule has 6 heteroatoms. The lowest BCUT2D eigenvalue weighted by molar-refractivity contribution is -0.117. The SMILES string of the molecule is Cc1cccc(N2CCN(C(=O)c3cc(F)ccc3NC(=O)[C@@H]3C[C@H]3C)CC2)c1C. The van der Waals surface area contributed by atoms with Crippen LogP contribution in [0.3, 0.4) is 0 Å². The van der Waals surface area contributed by atoms with E-state index < -0.39 is 5.82 Å². The Labute approximate surface area is 176 Å². The second kappa shape index (κ2) is 8.09. The predicted molar refractivity (Wildman–Crippen MR) is 116 cm³/mol. The van der Waals surface area contributed by atoms with Crippen molar-refractivity contribution in [3.8, 4) is 0 Å². The van der Waals surface area contributed by atoms with Crippen molar-refractivity contribution in [1.29, 1.82) is 0 Å². The number of anilines is 2. The van der Waals surface area contributed by atoms with Gasteiger partial charge >= 0.3 is 0 Å². The van der Waals surface area contributed by atoms with Crippen molar-refractivity contribution in [3.05, 3.63) is 58.9 Å². The highest BCUT2D eigenvalue weighted by Gasteiger charge is 2.39. The minimum absolute atomic E-state index is 0.0147.